The van der Waals surface area contributed by atoms with Gasteiger partial charge in [0.25, 0.3) is 5.95 Å². The monoisotopic (exact) mass is 201 g/mol. The van der Waals surface area contributed by atoms with E-state index in [1.165, 1.54) is 6.08 Å². The maximum atomic E-state index is 10.4. The lowest BCUT2D eigenvalue weighted by Crippen LogP contribution is -2.42. The van der Waals surface area contributed by atoms with Gasteiger partial charge in [-0.25, -0.2) is 0 Å². The van der Waals surface area contributed by atoms with Crippen molar-refractivity contribution in [3.63, 3.8) is 0 Å². The summed E-state index contributed by atoms with van der Waals surface area (Å²) in [6, 6.07) is -1.41. The molecule has 0 aliphatic carbocycles. The summed E-state index contributed by atoms with van der Waals surface area (Å²) in [4.78, 5) is 10.4. The molecule has 0 spiro atoms. The molecular formula is C8H11NO5. The minimum Gasteiger partial charge on any atom is -0.481 e. The van der Waals surface area contributed by atoms with Crippen LogP contribution in [-0.2, 0) is 9.53 Å². The van der Waals surface area contributed by atoms with E-state index in [4.69, 9.17) is 15.9 Å². The van der Waals surface area contributed by atoms with Crippen molar-refractivity contribution in [3.05, 3.63) is 23.7 Å². The van der Waals surface area contributed by atoms with Crippen LogP contribution in [0.15, 0.2) is 23.7 Å². The first-order valence-corrected chi connectivity index (χ1v) is 3.92. The third kappa shape index (κ3) is 2.24. The Morgan fingerprint density at radius 1 is 1.64 bits per heavy atom. The van der Waals surface area contributed by atoms with Gasteiger partial charge in [-0.2, -0.15) is 0 Å². The fourth-order valence-electron chi connectivity index (χ4n) is 1.01. The predicted octanol–water partition coefficient (Wildman–Crippen LogP) is -0.885. The minimum atomic E-state index is -1.41. The predicted molar refractivity (Wildman–Crippen MR) is 46.4 cm³/mol. The Balaban J connectivity index is 2.74. The molecule has 2 atom stereocenters. The first-order valence-electron chi connectivity index (χ1n) is 3.92. The Morgan fingerprint density at radius 3 is 2.79 bits per heavy atom. The SMILES string of the molecule is NC(C(=O)O)C(O)C1=CCOC(O)=C1. The molecule has 0 aromatic rings. The molecular weight excluding hydrogens is 190 g/mol. The van der Waals surface area contributed by atoms with Crippen LogP contribution >= 0.6 is 0 Å². The van der Waals surface area contributed by atoms with Crippen LogP contribution in [-0.4, -0.2) is 40.0 Å². The number of aliphatic hydroxyl groups excluding tert-OH is 2. The average molecular weight is 201 g/mol. The minimum absolute atomic E-state index is 0.0844. The van der Waals surface area contributed by atoms with Crippen molar-refractivity contribution in [1.29, 1.82) is 0 Å². The molecule has 0 fully saturated rings. The molecule has 0 saturated heterocycles. The maximum absolute atomic E-state index is 10.4. The third-order valence-corrected chi connectivity index (χ3v) is 1.81. The second-order valence-electron chi connectivity index (χ2n) is 2.81. The standard InChI is InChI=1S/C8H11NO5/c9-6(8(12)13)7(11)4-1-2-14-5(10)3-4/h1,3,6-7,10-11H,2,9H2,(H,12,13). The maximum Gasteiger partial charge on any atom is 0.323 e. The van der Waals surface area contributed by atoms with E-state index in [2.05, 4.69) is 4.74 Å². The summed E-state index contributed by atoms with van der Waals surface area (Å²) in [5.74, 6) is -1.67. The van der Waals surface area contributed by atoms with Crippen molar-refractivity contribution in [3.8, 4) is 0 Å². The molecule has 1 rings (SSSR count). The molecule has 0 aromatic carbocycles. The average Bonchev–Trinajstić information content (AvgIpc) is 2.15. The Hall–Kier alpha value is -1.53. The van der Waals surface area contributed by atoms with Gasteiger partial charge in [0.1, 0.15) is 18.8 Å². The zero-order valence-corrected chi connectivity index (χ0v) is 7.25. The molecule has 1 aliphatic heterocycles. The molecule has 0 radical (unpaired) electrons. The van der Waals surface area contributed by atoms with E-state index in [0.717, 1.165) is 6.08 Å². The van der Waals surface area contributed by atoms with E-state index < -0.39 is 18.1 Å². The van der Waals surface area contributed by atoms with Crippen molar-refractivity contribution in [2.24, 2.45) is 5.73 Å². The highest BCUT2D eigenvalue weighted by Gasteiger charge is 2.25. The number of rotatable bonds is 3. The highest BCUT2D eigenvalue weighted by Crippen LogP contribution is 2.14. The normalized spacial score (nSPS) is 20.1. The van der Waals surface area contributed by atoms with Crippen molar-refractivity contribution >= 4 is 5.97 Å². The summed E-state index contributed by atoms with van der Waals surface area (Å²) in [7, 11) is 0. The van der Waals surface area contributed by atoms with Gasteiger partial charge in [-0.05, 0) is 11.6 Å². The summed E-state index contributed by atoms with van der Waals surface area (Å²) in [6.45, 7) is 0.0844. The highest BCUT2D eigenvalue weighted by atomic mass is 16.6. The molecule has 6 nitrogen and oxygen atoms in total. The van der Waals surface area contributed by atoms with Gasteiger partial charge in [-0.15, -0.1) is 0 Å². The van der Waals surface area contributed by atoms with E-state index in [1.54, 1.807) is 0 Å². The largest absolute Gasteiger partial charge is 0.481 e. The Bertz CT molecular complexity index is 296. The molecule has 0 bridgehead atoms. The van der Waals surface area contributed by atoms with Crippen LogP contribution in [0.5, 0.6) is 0 Å². The number of aliphatic hydroxyl groups is 2. The lowest BCUT2D eigenvalue weighted by Gasteiger charge is -2.18. The molecule has 6 heteroatoms. The molecule has 14 heavy (non-hydrogen) atoms. The van der Waals surface area contributed by atoms with E-state index in [1.807, 2.05) is 0 Å². The number of ether oxygens (including phenoxy) is 1. The van der Waals surface area contributed by atoms with Crippen LogP contribution in [0.4, 0.5) is 0 Å². The summed E-state index contributed by atoms with van der Waals surface area (Å²) in [5.41, 5.74) is 5.43. The number of aliphatic carboxylic acids is 1. The molecule has 1 aliphatic rings. The van der Waals surface area contributed by atoms with Crippen LogP contribution in [0, 0.1) is 0 Å². The van der Waals surface area contributed by atoms with E-state index in [9.17, 15) is 9.90 Å². The van der Waals surface area contributed by atoms with E-state index in [-0.39, 0.29) is 18.1 Å². The number of carbonyl (C=O) groups is 1. The smallest absolute Gasteiger partial charge is 0.323 e. The summed E-state index contributed by atoms with van der Waals surface area (Å²) in [5, 5.41) is 26.9. The number of hydrogen-bond acceptors (Lipinski definition) is 5. The molecule has 5 N–H and O–H groups in total. The second-order valence-corrected chi connectivity index (χ2v) is 2.81. The topological polar surface area (TPSA) is 113 Å². The van der Waals surface area contributed by atoms with Gasteiger partial charge in [-0.3, -0.25) is 4.79 Å². The Morgan fingerprint density at radius 2 is 2.29 bits per heavy atom. The van der Waals surface area contributed by atoms with Crippen molar-refractivity contribution in [2.75, 3.05) is 6.61 Å². The molecule has 0 aromatic heterocycles. The van der Waals surface area contributed by atoms with Gasteiger partial charge >= 0.3 is 5.97 Å². The number of hydrogen-bond donors (Lipinski definition) is 4. The van der Waals surface area contributed by atoms with Crippen LogP contribution in [0.3, 0.4) is 0 Å². The van der Waals surface area contributed by atoms with Gasteiger partial charge < -0.3 is 25.8 Å². The quantitative estimate of drug-likeness (QED) is 0.471. The zero-order chi connectivity index (χ0) is 10.7. The first kappa shape index (κ1) is 10.6. The number of carboxylic acid groups (broad SMARTS) is 1. The van der Waals surface area contributed by atoms with Crippen LogP contribution < -0.4 is 5.73 Å². The van der Waals surface area contributed by atoms with E-state index >= 15 is 0 Å². The van der Waals surface area contributed by atoms with Crippen molar-refractivity contribution in [1.82, 2.24) is 0 Å². The molecule has 0 amide bonds. The Labute approximate surface area is 79.9 Å². The second kappa shape index (κ2) is 4.12. The van der Waals surface area contributed by atoms with Crippen molar-refractivity contribution < 1.29 is 24.9 Å². The molecule has 78 valence electrons. The van der Waals surface area contributed by atoms with Crippen molar-refractivity contribution in [2.45, 2.75) is 12.1 Å². The van der Waals surface area contributed by atoms with E-state index in [0.29, 0.717) is 0 Å². The van der Waals surface area contributed by atoms with Gasteiger partial charge in [0.2, 0.25) is 0 Å². The fourth-order valence-corrected chi connectivity index (χ4v) is 1.01. The Kier molecular flexibility index (Phi) is 3.10. The molecule has 0 saturated carbocycles. The first-order chi connectivity index (χ1) is 6.52. The fraction of sp³-hybridized carbons (Fsp3) is 0.375. The van der Waals surface area contributed by atoms with Crippen LogP contribution in [0.2, 0.25) is 0 Å². The van der Waals surface area contributed by atoms with Crippen LogP contribution in [0.25, 0.3) is 0 Å². The summed E-state index contributed by atoms with van der Waals surface area (Å²) in [6.07, 6.45) is 1.24. The number of nitrogens with two attached hydrogens (primary N) is 1. The lowest BCUT2D eigenvalue weighted by molar-refractivity contribution is -0.140. The van der Waals surface area contributed by atoms with Crippen LogP contribution in [0.1, 0.15) is 0 Å². The highest BCUT2D eigenvalue weighted by molar-refractivity contribution is 5.74. The third-order valence-electron chi connectivity index (χ3n) is 1.81. The van der Waals surface area contributed by atoms with Gasteiger partial charge in [0.15, 0.2) is 0 Å². The molecule has 1 heterocycles. The van der Waals surface area contributed by atoms with Gasteiger partial charge in [0.05, 0.1) is 0 Å². The lowest BCUT2D eigenvalue weighted by atomic mass is 10.0. The zero-order valence-electron chi connectivity index (χ0n) is 7.25. The summed E-state index contributed by atoms with van der Waals surface area (Å²) < 4.78 is 4.64. The van der Waals surface area contributed by atoms with Gasteiger partial charge in [0, 0.05) is 6.08 Å². The summed E-state index contributed by atoms with van der Waals surface area (Å²) >= 11 is 0. The van der Waals surface area contributed by atoms with Gasteiger partial charge in [-0.1, -0.05) is 0 Å². The number of carboxylic acids is 1. The molecule has 2 unspecified atom stereocenters.